The summed E-state index contributed by atoms with van der Waals surface area (Å²) in [6, 6.07) is 0. The second-order valence-electron chi connectivity index (χ2n) is 21.6. The Morgan fingerprint density at radius 2 is 0.520 bits per heavy atom. The van der Waals surface area contributed by atoms with Crippen LogP contribution in [0.2, 0.25) is 0 Å². The Labute approximate surface area is 465 Å². The van der Waals surface area contributed by atoms with Crippen molar-refractivity contribution in [1.29, 1.82) is 0 Å². The van der Waals surface area contributed by atoms with E-state index in [4.69, 9.17) is 14.2 Å². The first-order valence-electron chi connectivity index (χ1n) is 32.4. The van der Waals surface area contributed by atoms with E-state index in [2.05, 4.69) is 93.7 Å². The fourth-order valence-corrected chi connectivity index (χ4v) is 9.35. The Kier molecular flexibility index (Phi) is 60.7. The lowest BCUT2D eigenvalue weighted by Gasteiger charge is -2.18. The predicted octanol–water partition coefficient (Wildman–Crippen LogP) is 22.1. The van der Waals surface area contributed by atoms with Crippen molar-refractivity contribution in [2.75, 3.05) is 13.2 Å². The highest BCUT2D eigenvalue weighted by atomic mass is 16.6. The van der Waals surface area contributed by atoms with Crippen molar-refractivity contribution in [1.82, 2.24) is 0 Å². The van der Waals surface area contributed by atoms with Crippen LogP contribution in [-0.4, -0.2) is 37.2 Å². The summed E-state index contributed by atoms with van der Waals surface area (Å²) in [6.45, 7) is 6.56. The molecule has 434 valence electrons. The molecule has 0 bridgehead atoms. The minimum Gasteiger partial charge on any atom is -0.462 e. The van der Waals surface area contributed by atoms with Crippen LogP contribution < -0.4 is 0 Å². The average molecular weight is 1050 g/mol. The SMILES string of the molecule is CC/C=C\C/C=C\C/C=C\C/C=C\C/C=C\CCCCCCCCCCCC(=O)OCC(COC(=O)CCCCCCCCCCCCCCCCC)OC(=O)CCCCCCCCC/C=C\CCCCCCCC. The van der Waals surface area contributed by atoms with Crippen molar-refractivity contribution in [2.45, 2.75) is 335 Å². The minimum absolute atomic E-state index is 0.0752. The number of rotatable bonds is 59. The van der Waals surface area contributed by atoms with Crippen molar-refractivity contribution in [3.05, 3.63) is 72.9 Å². The standard InChI is InChI=1S/C69H122O6/c1-4-7-10-13-16-19-22-25-28-30-31-32-33-34-35-36-37-39-41-44-47-50-53-56-59-62-68(71)74-65-66(64-73-67(70)61-58-55-52-49-46-43-40-27-24-21-18-15-12-9-6-3)75-69(72)63-60-57-54-51-48-45-42-38-29-26-23-20-17-14-11-8-5-2/h7,10,16,19,25-26,28-29,31-32,34-35,66H,4-6,8-9,11-15,17-18,20-24,27,30,33,36-65H2,1-3H3/b10-7-,19-16-,28-25-,29-26-,32-31-,35-34-. The maximum Gasteiger partial charge on any atom is 0.306 e. The van der Waals surface area contributed by atoms with Crippen LogP contribution in [0.5, 0.6) is 0 Å². The van der Waals surface area contributed by atoms with Crippen LogP contribution >= 0.6 is 0 Å². The van der Waals surface area contributed by atoms with Crippen molar-refractivity contribution in [3.63, 3.8) is 0 Å². The van der Waals surface area contributed by atoms with E-state index in [1.165, 1.54) is 193 Å². The van der Waals surface area contributed by atoms with E-state index < -0.39 is 6.10 Å². The molecule has 0 radical (unpaired) electrons. The van der Waals surface area contributed by atoms with Gasteiger partial charge in [-0.25, -0.2) is 0 Å². The Balaban J connectivity index is 4.33. The Morgan fingerprint density at radius 3 is 0.827 bits per heavy atom. The van der Waals surface area contributed by atoms with Gasteiger partial charge in [-0.2, -0.15) is 0 Å². The van der Waals surface area contributed by atoms with Crippen LogP contribution in [0.4, 0.5) is 0 Å². The molecule has 0 saturated carbocycles. The molecule has 0 heterocycles. The molecule has 6 heteroatoms. The van der Waals surface area contributed by atoms with E-state index in [1.54, 1.807) is 0 Å². The molecule has 0 rings (SSSR count). The number of hydrogen-bond donors (Lipinski definition) is 0. The first-order valence-corrected chi connectivity index (χ1v) is 32.4. The number of carbonyl (C=O) groups excluding carboxylic acids is 3. The highest BCUT2D eigenvalue weighted by molar-refractivity contribution is 5.71. The molecule has 0 aromatic carbocycles. The lowest BCUT2D eigenvalue weighted by molar-refractivity contribution is -0.167. The van der Waals surface area contributed by atoms with Crippen LogP contribution in [-0.2, 0) is 28.6 Å². The lowest BCUT2D eigenvalue weighted by atomic mass is 10.0. The molecule has 0 amide bonds. The molecule has 0 N–H and O–H groups in total. The highest BCUT2D eigenvalue weighted by Crippen LogP contribution is 2.17. The molecule has 0 aliphatic carbocycles. The summed E-state index contributed by atoms with van der Waals surface area (Å²) in [5, 5.41) is 0. The summed E-state index contributed by atoms with van der Waals surface area (Å²) in [4.78, 5) is 38.3. The number of esters is 3. The van der Waals surface area contributed by atoms with Crippen molar-refractivity contribution in [2.24, 2.45) is 0 Å². The molecule has 0 saturated heterocycles. The van der Waals surface area contributed by atoms with E-state index in [0.29, 0.717) is 19.3 Å². The first kappa shape index (κ1) is 71.8. The number of allylic oxidation sites excluding steroid dienone is 12. The normalized spacial score (nSPS) is 12.5. The van der Waals surface area contributed by atoms with E-state index in [0.717, 1.165) is 96.3 Å². The molecule has 1 unspecified atom stereocenters. The summed E-state index contributed by atoms with van der Waals surface area (Å²) in [7, 11) is 0. The average Bonchev–Trinajstić information content (AvgIpc) is 3.41. The largest absolute Gasteiger partial charge is 0.462 e. The number of unbranched alkanes of at least 4 members (excludes halogenated alkanes) is 36. The molecule has 0 spiro atoms. The van der Waals surface area contributed by atoms with Gasteiger partial charge in [-0.15, -0.1) is 0 Å². The van der Waals surface area contributed by atoms with Crippen molar-refractivity contribution < 1.29 is 28.6 Å². The maximum atomic E-state index is 12.9. The molecule has 75 heavy (non-hydrogen) atoms. The molecule has 0 aliphatic heterocycles. The van der Waals surface area contributed by atoms with Gasteiger partial charge in [0.15, 0.2) is 6.10 Å². The van der Waals surface area contributed by atoms with Gasteiger partial charge < -0.3 is 14.2 Å². The summed E-state index contributed by atoms with van der Waals surface area (Å²) in [5.41, 5.74) is 0. The summed E-state index contributed by atoms with van der Waals surface area (Å²) in [5.74, 6) is -0.868. The summed E-state index contributed by atoms with van der Waals surface area (Å²) >= 11 is 0. The molecular formula is C69H122O6. The quantitative estimate of drug-likeness (QED) is 0.0261. The van der Waals surface area contributed by atoms with Gasteiger partial charge in [-0.1, -0.05) is 293 Å². The van der Waals surface area contributed by atoms with Gasteiger partial charge in [0.05, 0.1) is 0 Å². The maximum absolute atomic E-state index is 12.9. The third-order valence-corrected chi connectivity index (χ3v) is 14.2. The van der Waals surface area contributed by atoms with Crippen LogP contribution in [0, 0.1) is 0 Å². The second-order valence-corrected chi connectivity index (χ2v) is 21.6. The zero-order chi connectivity index (χ0) is 54.3. The minimum atomic E-state index is -0.779. The van der Waals surface area contributed by atoms with Gasteiger partial charge >= 0.3 is 17.9 Å². The third kappa shape index (κ3) is 61.6. The summed E-state index contributed by atoms with van der Waals surface area (Å²) in [6.07, 6.45) is 81.9. The molecule has 1 atom stereocenters. The van der Waals surface area contributed by atoms with Crippen molar-refractivity contribution in [3.8, 4) is 0 Å². The zero-order valence-corrected chi connectivity index (χ0v) is 49.8. The third-order valence-electron chi connectivity index (χ3n) is 14.2. The monoisotopic (exact) mass is 1050 g/mol. The van der Waals surface area contributed by atoms with Gasteiger partial charge in [0, 0.05) is 19.3 Å². The second kappa shape index (κ2) is 63.4. The molecular weight excluding hydrogens is 925 g/mol. The number of ether oxygens (including phenoxy) is 3. The van der Waals surface area contributed by atoms with Gasteiger partial charge in [-0.3, -0.25) is 14.4 Å². The van der Waals surface area contributed by atoms with Crippen LogP contribution in [0.25, 0.3) is 0 Å². The van der Waals surface area contributed by atoms with Crippen LogP contribution in [0.1, 0.15) is 329 Å². The first-order chi connectivity index (χ1) is 37.0. The fraction of sp³-hybridized carbons (Fsp3) is 0.783. The summed E-state index contributed by atoms with van der Waals surface area (Å²) < 4.78 is 16.9. The molecule has 0 aromatic heterocycles. The van der Waals surface area contributed by atoms with E-state index in [9.17, 15) is 14.4 Å². The Hall–Kier alpha value is -3.15. The molecule has 6 nitrogen and oxygen atoms in total. The van der Waals surface area contributed by atoms with E-state index >= 15 is 0 Å². The molecule has 0 aliphatic rings. The van der Waals surface area contributed by atoms with E-state index in [-0.39, 0.29) is 31.1 Å². The molecule has 0 fully saturated rings. The Bertz CT molecular complexity index is 1390. The highest BCUT2D eigenvalue weighted by Gasteiger charge is 2.19. The van der Waals surface area contributed by atoms with Gasteiger partial charge in [0.2, 0.25) is 0 Å². The van der Waals surface area contributed by atoms with Gasteiger partial charge in [0.25, 0.3) is 0 Å². The van der Waals surface area contributed by atoms with Gasteiger partial charge in [-0.05, 0) is 89.9 Å². The zero-order valence-electron chi connectivity index (χ0n) is 49.8. The molecule has 0 aromatic rings. The Morgan fingerprint density at radius 1 is 0.280 bits per heavy atom. The number of carbonyl (C=O) groups is 3. The topological polar surface area (TPSA) is 78.9 Å². The van der Waals surface area contributed by atoms with Crippen LogP contribution in [0.15, 0.2) is 72.9 Å². The van der Waals surface area contributed by atoms with Gasteiger partial charge in [0.1, 0.15) is 13.2 Å². The van der Waals surface area contributed by atoms with E-state index in [1.807, 2.05) is 0 Å². The lowest BCUT2D eigenvalue weighted by Crippen LogP contribution is -2.30. The smallest absolute Gasteiger partial charge is 0.306 e. The number of hydrogen-bond acceptors (Lipinski definition) is 6. The van der Waals surface area contributed by atoms with Crippen LogP contribution in [0.3, 0.4) is 0 Å². The predicted molar refractivity (Wildman–Crippen MR) is 325 cm³/mol. The fourth-order valence-electron chi connectivity index (χ4n) is 9.35. The van der Waals surface area contributed by atoms with Crippen molar-refractivity contribution >= 4 is 17.9 Å².